The lowest BCUT2D eigenvalue weighted by atomic mass is 9.94. The van der Waals surface area contributed by atoms with Crippen LogP contribution in [0.4, 0.5) is 0 Å². The Morgan fingerprint density at radius 3 is 2.50 bits per heavy atom. The predicted molar refractivity (Wildman–Crippen MR) is 84.7 cm³/mol. The van der Waals surface area contributed by atoms with E-state index in [1.165, 1.54) is 0 Å². The Kier molecular flexibility index (Phi) is 5.62. The summed E-state index contributed by atoms with van der Waals surface area (Å²) in [5.74, 6) is -0.294. The minimum Gasteiger partial charge on any atom is -0.459 e. The number of carbonyl (C=O) groups is 1. The molecular formula is C17H28N2O3. The maximum absolute atomic E-state index is 12.4. The number of hydrogen-bond donors (Lipinski definition) is 0. The normalized spacial score (nSPS) is 23.3. The first-order valence-corrected chi connectivity index (χ1v) is 8.16. The van der Waals surface area contributed by atoms with E-state index in [0.717, 1.165) is 42.6 Å². The quantitative estimate of drug-likeness (QED) is 0.785. The van der Waals surface area contributed by atoms with Crippen LogP contribution < -0.4 is 0 Å². The maximum atomic E-state index is 12.4. The van der Waals surface area contributed by atoms with Gasteiger partial charge >= 0.3 is 5.97 Å². The molecule has 0 spiro atoms. The van der Waals surface area contributed by atoms with Crippen molar-refractivity contribution in [2.45, 2.75) is 65.1 Å². The van der Waals surface area contributed by atoms with Crippen molar-refractivity contribution in [1.29, 1.82) is 0 Å². The van der Waals surface area contributed by atoms with Crippen LogP contribution >= 0.6 is 0 Å². The second kappa shape index (κ2) is 7.27. The first kappa shape index (κ1) is 17.0. The summed E-state index contributed by atoms with van der Waals surface area (Å²) >= 11 is 0. The third-order valence-electron chi connectivity index (χ3n) is 4.78. The topological polar surface area (TPSA) is 53.4 Å². The molecule has 1 saturated carbocycles. The van der Waals surface area contributed by atoms with Crippen molar-refractivity contribution in [2.24, 2.45) is 13.0 Å². The van der Waals surface area contributed by atoms with Gasteiger partial charge in [0.2, 0.25) is 0 Å². The predicted octanol–water partition coefficient (Wildman–Crippen LogP) is 2.72. The second-order valence-electron chi connectivity index (χ2n) is 6.41. The Morgan fingerprint density at radius 2 is 1.95 bits per heavy atom. The van der Waals surface area contributed by atoms with Gasteiger partial charge in [0, 0.05) is 19.9 Å². The summed E-state index contributed by atoms with van der Waals surface area (Å²) < 4.78 is 13.0. The number of carbonyl (C=O) groups excluding carboxylic acids is 1. The number of aromatic nitrogens is 2. The van der Waals surface area contributed by atoms with Crippen molar-refractivity contribution in [3.8, 4) is 0 Å². The van der Waals surface area contributed by atoms with Crippen LogP contribution in [-0.4, -0.2) is 35.1 Å². The molecule has 0 saturated heterocycles. The van der Waals surface area contributed by atoms with E-state index in [4.69, 9.17) is 9.47 Å². The van der Waals surface area contributed by atoms with Crippen LogP contribution in [0.1, 0.15) is 49.6 Å². The minimum atomic E-state index is -0.166. The second-order valence-corrected chi connectivity index (χ2v) is 6.41. The fourth-order valence-electron chi connectivity index (χ4n) is 3.24. The Hall–Kier alpha value is -1.36. The highest BCUT2D eigenvalue weighted by Crippen LogP contribution is 2.25. The summed E-state index contributed by atoms with van der Waals surface area (Å²) in [5.41, 5.74) is 3.26. The third kappa shape index (κ3) is 3.69. The first-order chi connectivity index (χ1) is 10.4. The Bertz CT molecular complexity index is 524. The van der Waals surface area contributed by atoms with Crippen molar-refractivity contribution in [3.05, 3.63) is 17.0 Å². The van der Waals surface area contributed by atoms with E-state index in [1.54, 1.807) is 7.11 Å². The van der Waals surface area contributed by atoms with Gasteiger partial charge in [0.05, 0.1) is 17.7 Å². The van der Waals surface area contributed by atoms with E-state index in [9.17, 15) is 4.79 Å². The number of ether oxygens (including phenoxy) is 2. The lowest BCUT2D eigenvalue weighted by Gasteiger charge is -2.30. The van der Waals surface area contributed by atoms with Crippen LogP contribution in [0, 0.1) is 19.8 Å². The van der Waals surface area contributed by atoms with Gasteiger partial charge in [-0.15, -0.1) is 0 Å². The van der Waals surface area contributed by atoms with Gasteiger partial charge in [-0.25, -0.2) is 0 Å². The maximum Gasteiger partial charge on any atom is 0.309 e. The number of hydrogen-bond acceptors (Lipinski definition) is 4. The molecule has 1 heterocycles. The van der Waals surface area contributed by atoms with Gasteiger partial charge in [-0.3, -0.25) is 9.48 Å². The zero-order valence-electron chi connectivity index (χ0n) is 14.4. The van der Waals surface area contributed by atoms with E-state index in [1.807, 2.05) is 32.5 Å². The molecule has 0 amide bonds. The zero-order chi connectivity index (χ0) is 16.3. The van der Waals surface area contributed by atoms with Crippen molar-refractivity contribution in [1.82, 2.24) is 9.78 Å². The van der Waals surface area contributed by atoms with Gasteiger partial charge in [-0.2, -0.15) is 5.10 Å². The fourth-order valence-corrected chi connectivity index (χ4v) is 3.24. The van der Waals surface area contributed by atoms with Crippen molar-refractivity contribution in [3.63, 3.8) is 0 Å². The molecule has 1 aliphatic rings. The average molecular weight is 308 g/mol. The highest BCUT2D eigenvalue weighted by molar-refractivity contribution is 5.72. The fraction of sp³-hybridized carbons (Fsp3) is 0.765. The molecule has 3 atom stereocenters. The van der Waals surface area contributed by atoms with Crippen LogP contribution in [-0.2, 0) is 27.7 Å². The smallest absolute Gasteiger partial charge is 0.309 e. The molecule has 0 bridgehead atoms. The molecule has 0 aliphatic heterocycles. The molecule has 1 fully saturated rings. The summed E-state index contributed by atoms with van der Waals surface area (Å²) in [5, 5.41) is 4.41. The van der Waals surface area contributed by atoms with Crippen LogP contribution in [0.2, 0.25) is 0 Å². The van der Waals surface area contributed by atoms with Gasteiger partial charge in [0.1, 0.15) is 6.10 Å². The van der Waals surface area contributed by atoms with Crippen LogP contribution in [0.25, 0.3) is 0 Å². The molecule has 2 rings (SSSR count). The van der Waals surface area contributed by atoms with Crippen molar-refractivity contribution >= 4 is 5.97 Å². The molecule has 1 aliphatic carbocycles. The summed E-state index contributed by atoms with van der Waals surface area (Å²) in [6.45, 7) is 5.96. The highest BCUT2D eigenvalue weighted by Gasteiger charge is 2.30. The van der Waals surface area contributed by atoms with Crippen LogP contribution in [0.3, 0.4) is 0 Å². The SMILES string of the molecule is COC1CCCCC1OC(=O)C(C)Cc1c(C)nn(C)c1C. The molecule has 22 heavy (non-hydrogen) atoms. The van der Waals surface area contributed by atoms with E-state index < -0.39 is 0 Å². The number of rotatable bonds is 5. The standard InChI is InChI=1S/C17H28N2O3/c1-11(10-14-12(2)18-19(4)13(14)3)17(20)22-16-9-7-6-8-15(16)21-5/h11,15-16H,6-10H2,1-5H3. The lowest BCUT2D eigenvalue weighted by Crippen LogP contribution is -2.37. The molecule has 1 aromatic heterocycles. The minimum absolute atomic E-state index is 0.0479. The molecule has 0 aromatic carbocycles. The number of nitrogens with zero attached hydrogens (tertiary/aromatic N) is 2. The van der Waals surface area contributed by atoms with Crippen LogP contribution in [0.15, 0.2) is 0 Å². The van der Waals surface area contributed by atoms with Crippen molar-refractivity contribution in [2.75, 3.05) is 7.11 Å². The average Bonchev–Trinajstić information content (AvgIpc) is 2.74. The van der Waals surface area contributed by atoms with E-state index in [2.05, 4.69) is 5.10 Å². The molecule has 3 unspecified atom stereocenters. The zero-order valence-corrected chi connectivity index (χ0v) is 14.4. The molecule has 0 N–H and O–H groups in total. The Labute approximate surface area is 133 Å². The largest absolute Gasteiger partial charge is 0.459 e. The molecule has 5 heteroatoms. The van der Waals surface area contributed by atoms with Gasteiger partial charge in [-0.1, -0.05) is 13.3 Å². The summed E-state index contributed by atoms with van der Waals surface area (Å²) in [4.78, 5) is 12.4. The van der Waals surface area contributed by atoms with E-state index in [0.29, 0.717) is 6.42 Å². The molecular weight excluding hydrogens is 280 g/mol. The molecule has 124 valence electrons. The molecule has 1 aromatic rings. The van der Waals surface area contributed by atoms with E-state index >= 15 is 0 Å². The highest BCUT2D eigenvalue weighted by atomic mass is 16.6. The lowest BCUT2D eigenvalue weighted by molar-refractivity contribution is -0.163. The van der Waals surface area contributed by atoms with Gasteiger partial charge in [-0.05, 0) is 45.1 Å². The van der Waals surface area contributed by atoms with Gasteiger partial charge in [0.25, 0.3) is 0 Å². The Balaban J connectivity index is 1.97. The van der Waals surface area contributed by atoms with E-state index in [-0.39, 0.29) is 24.1 Å². The van der Waals surface area contributed by atoms with Gasteiger partial charge < -0.3 is 9.47 Å². The number of esters is 1. The van der Waals surface area contributed by atoms with Crippen molar-refractivity contribution < 1.29 is 14.3 Å². The Morgan fingerprint density at radius 1 is 1.32 bits per heavy atom. The molecule has 0 radical (unpaired) electrons. The van der Waals surface area contributed by atoms with Gasteiger partial charge in [0.15, 0.2) is 0 Å². The third-order valence-corrected chi connectivity index (χ3v) is 4.78. The molecule has 5 nitrogen and oxygen atoms in total. The number of methoxy groups -OCH3 is 1. The van der Waals surface area contributed by atoms with Crippen LogP contribution in [0.5, 0.6) is 0 Å². The first-order valence-electron chi connectivity index (χ1n) is 8.16. The monoisotopic (exact) mass is 308 g/mol. The summed E-state index contributed by atoms with van der Waals surface area (Å²) in [6, 6.07) is 0. The number of aryl methyl sites for hydroxylation is 2. The summed E-state index contributed by atoms with van der Waals surface area (Å²) in [6.07, 6.45) is 4.76. The summed E-state index contributed by atoms with van der Waals surface area (Å²) in [7, 11) is 3.63.